The second kappa shape index (κ2) is 7.16. The van der Waals surface area contributed by atoms with E-state index in [0.717, 1.165) is 33.4 Å². The van der Waals surface area contributed by atoms with Crippen molar-refractivity contribution in [1.82, 2.24) is 19.7 Å². The number of carboxylic acids is 1. The van der Waals surface area contributed by atoms with E-state index in [1.807, 2.05) is 12.1 Å². The fourth-order valence-electron chi connectivity index (χ4n) is 4.63. The number of hydrogen-bond donors (Lipinski definition) is 2. The van der Waals surface area contributed by atoms with Crippen molar-refractivity contribution >= 4 is 28.0 Å². The number of carboxylic acid groups (broad SMARTS) is 1. The standard InChI is InChI=1S/C23H23FN4O3/c1-11(2)21-19(14-8-18(23(29)30)31-10-14)20-17(7-13-9-25-27-22(13)26-20)28(21)15-4-5-16(24)12(3)6-15/h4-7,9,11,14,18H,8,10H2,1-3H3,(H,29,30)(H,25,26,27)/t14-,18+/m1/s1. The van der Waals surface area contributed by atoms with Gasteiger partial charge in [-0.25, -0.2) is 14.2 Å². The second-order valence-electron chi connectivity index (χ2n) is 8.48. The minimum absolute atomic E-state index is 0.100. The number of aryl methyl sites for hydroxylation is 1. The van der Waals surface area contributed by atoms with E-state index in [1.54, 1.807) is 19.2 Å². The van der Waals surface area contributed by atoms with Gasteiger partial charge in [0.05, 0.1) is 23.8 Å². The molecule has 8 heteroatoms. The molecule has 0 unspecified atom stereocenters. The number of fused-ring (bicyclic) bond motifs is 2. The largest absolute Gasteiger partial charge is 0.479 e. The third-order valence-corrected chi connectivity index (χ3v) is 6.05. The summed E-state index contributed by atoms with van der Waals surface area (Å²) in [5.41, 5.74) is 5.78. The lowest BCUT2D eigenvalue weighted by Gasteiger charge is -2.18. The molecule has 4 aromatic rings. The van der Waals surface area contributed by atoms with Crippen molar-refractivity contribution in [3.63, 3.8) is 0 Å². The monoisotopic (exact) mass is 422 g/mol. The summed E-state index contributed by atoms with van der Waals surface area (Å²) in [6.07, 6.45) is 1.29. The minimum Gasteiger partial charge on any atom is -0.479 e. The van der Waals surface area contributed by atoms with Gasteiger partial charge in [-0.15, -0.1) is 0 Å². The van der Waals surface area contributed by atoms with Crippen LogP contribution in [-0.2, 0) is 9.53 Å². The Morgan fingerprint density at radius 2 is 2.16 bits per heavy atom. The summed E-state index contributed by atoms with van der Waals surface area (Å²) < 4.78 is 21.7. The number of aromatic amines is 1. The van der Waals surface area contributed by atoms with E-state index in [2.05, 4.69) is 28.6 Å². The summed E-state index contributed by atoms with van der Waals surface area (Å²) in [6.45, 7) is 6.27. The van der Waals surface area contributed by atoms with Crippen molar-refractivity contribution in [1.29, 1.82) is 0 Å². The molecule has 160 valence electrons. The summed E-state index contributed by atoms with van der Waals surface area (Å²) in [7, 11) is 0. The van der Waals surface area contributed by atoms with Gasteiger partial charge in [0, 0.05) is 28.2 Å². The number of hydrogen-bond acceptors (Lipinski definition) is 4. The third-order valence-electron chi connectivity index (χ3n) is 6.05. The van der Waals surface area contributed by atoms with E-state index in [1.165, 1.54) is 6.07 Å². The number of H-pyrrole nitrogens is 1. The molecule has 0 bridgehead atoms. The van der Waals surface area contributed by atoms with Gasteiger partial charge in [0.25, 0.3) is 0 Å². The van der Waals surface area contributed by atoms with Gasteiger partial charge in [-0.05, 0) is 49.1 Å². The van der Waals surface area contributed by atoms with Gasteiger partial charge in [-0.2, -0.15) is 5.10 Å². The molecular formula is C23H23FN4O3. The molecule has 2 atom stereocenters. The molecule has 1 aliphatic heterocycles. The van der Waals surface area contributed by atoms with Crippen molar-refractivity contribution in [3.8, 4) is 5.69 Å². The number of pyridine rings is 1. The Labute approximate surface area is 177 Å². The molecular weight excluding hydrogens is 399 g/mol. The molecule has 0 aliphatic carbocycles. The average Bonchev–Trinajstić information content (AvgIpc) is 3.44. The van der Waals surface area contributed by atoms with Crippen molar-refractivity contribution in [3.05, 3.63) is 53.1 Å². The normalized spacial score (nSPS) is 19.1. The summed E-state index contributed by atoms with van der Waals surface area (Å²) in [6, 6.07) is 7.10. The van der Waals surface area contributed by atoms with E-state index in [0.29, 0.717) is 24.2 Å². The highest BCUT2D eigenvalue weighted by Crippen LogP contribution is 2.42. The van der Waals surface area contributed by atoms with Crippen LogP contribution in [0, 0.1) is 12.7 Å². The first kappa shape index (κ1) is 19.7. The molecule has 2 N–H and O–H groups in total. The van der Waals surface area contributed by atoms with Crippen LogP contribution in [0.1, 0.15) is 48.9 Å². The molecule has 0 amide bonds. The summed E-state index contributed by atoms with van der Waals surface area (Å²) in [5.74, 6) is -1.18. The third kappa shape index (κ3) is 3.09. The maximum atomic E-state index is 14.0. The van der Waals surface area contributed by atoms with E-state index >= 15 is 0 Å². The zero-order valence-electron chi connectivity index (χ0n) is 17.5. The second-order valence-corrected chi connectivity index (χ2v) is 8.48. The van der Waals surface area contributed by atoms with Crippen molar-refractivity contribution in [2.24, 2.45) is 0 Å². The van der Waals surface area contributed by atoms with Gasteiger partial charge in [0.2, 0.25) is 0 Å². The molecule has 4 heterocycles. The Bertz CT molecular complexity index is 1320. The predicted molar refractivity (Wildman–Crippen MR) is 114 cm³/mol. The lowest BCUT2D eigenvalue weighted by molar-refractivity contribution is -0.147. The highest BCUT2D eigenvalue weighted by atomic mass is 19.1. The first-order valence-electron chi connectivity index (χ1n) is 10.3. The first-order chi connectivity index (χ1) is 14.8. The number of aliphatic carboxylic acids is 1. The van der Waals surface area contributed by atoms with Crippen LogP contribution in [0.3, 0.4) is 0 Å². The van der Waals surface area contributed by atoms with E-state index in [-0.39, 0.29) is 17.7 Å². The summed E-state index contributed by atoms with van der Waals surface area (Å²) in [5, 5.41) is 17.3. The van der Waals surface area contributed by atoms with E-state index in [9.17, 15) is 14.3 Å². The van der Waals surface area contributed by atoms with Crippen LogP contribution < -0.4 is 0 Å². The lowest BCUT2D eigenvalue weighted by Crippen LogP contribution is -2.18. The highest BCUT2D eigenvalue weighted by molar-refractivity contribution is 5.93. The van der Waals surface area contributed by atoms with Gasteiger partial charge in [-0.3, -0.25) is 5.10 Å². The Hall–Kier alpha value is -3.26. The van der Waals surface area contributed by atoms with E-state index < -0.39 is 12.1 Å². The number of rotatable bonds is 4. The summed E-state index contributed by atoms with van der Waals surface area (Å²) >= 11 is 0. The zero-order valence-corrected chi connectivity index (χ0v) is 17.5. The summed E-state index contributed by atoms with van der Waals surface area (Å²) in [4.78, 5) is 16.4. The van der Waals surface area contributed by atoms with Crippen LogP contribution in [0.4, 0.5) is 4.39 Å². The Kier molecular flexibility index (Phi) is 4.55. The molecule has 1 aromatic carbocycles. The van der Waals surface area contributed by atoms with Gasteiger partial charge in [-0.1, -0.05) is 13.8 Å². The molecule has 7 nitrogen and oxygen atoms in total. The fourth-order valence-corrected chi connectivity index (χ4v) is 4.63. The molecule has 31 heavy (non-hydrogen) atoms. The van der Waals surface area contributed by atoms with Crippen LogP contribution >= 0.6 is 0 Å². The predicted octanol–water partition coefficient (Wildman–Crippen LogP) is 4.43. The molecule has 1 fully saturated rings. The fraction of sp³-hybridized carbons (Fsp3) is 0.348. The molecule has 5 rings (SSSR count). The number of aromatic nitrogens is 4. The zero-order chi connectivity index (χ0) is 21.9. The van der Waals surface area contributed by atoms with Crippen LogP contribution in [0.25, 0.3) is 27.8 Å². The molecule has 1 aliphatic rings. The smallest absolute Gasteiger partial charge is 0.332 e. The Morgan fingerprint density at radius 1 is 1.35 bits per heavy atom. The van der Waals surface area contributed by atoms with Gasteiger partial charge in [0.1, 0.15) is 5.82 Å². The van der Waals surface area contributed by atoms with Crippen molar-refractivity contribution in [2.45, 2.75) is 45.1 Å². The van der Waals surface area contributed by atoms with Crippen LogP contribution in [0.2, 0.25) is 0 Å². The average molecular weight is 422 g/mol. The molecule has 0 radical (unpaired) electrons. The molecule has 0 spiro atoms. The number of nitrogens with zero attached hydrogens (tertiary/aromatic N) is 3. The maximum absolute atomic E-state index is 14.0. The number of benzene rings is 1. The number of carbonyl (C=O) groups is 1. The molecule has 1 saturated heterocycles. The topological polar surface area (TPSA) is 93.0 Å². The lowest BCUT2D eigenvalue weighted by atomic mass is 9.91. The van der Waals surface area contributed by atoms with Gasteiger partial charge < -0.3 is 14.4 Å². The first-order valence-corrected chi connectivity index (χ1v) is 10.3. The van der Waals surface area contributed by atoms with Crippen LogP contribution in [0.5, 0.6) is 0 Å². The maximum Gasteiger partial charge on any atom is 0.332 e. The minimum atomic E-state index is -0.949. The van der Waals surface area contributed by atoms with E-state index in [4.69, 9.17) is 9.72 Å². The van der Waals surface area contributed by atoms with Gasteiger partial charge in [0.15, 0.2) is 11.8 Å². The quantitative estimate of drug-likeness (QED) is 0.508. The van der Waals surface area contributed by atoms with Crippen molar-refractivity contribution in [2.75, 3.05) is 6.61 Å². The molecule has 3 aromatic heterocycles. The number of ether oxygens (including phenoxy) is 1. The van der Waals surface area contributed by atoms with Crippen molar-refractivity contribution < 1.29 is 19.0 Å². The Morgan fingerprint density at radius 3 is 2.84 bits per heavy atom. The Balaban J connectivity index is 1.83. The van der Waals surface area contributed by atoms with Crippen LogP contribution in [0.15, 0.2) is 30.5 Å². The molecule has 0 saturated carbocycles. The number of nitrogens with one attached hydrogen (secondary N) is 1. The van der Waals surface area contributed by atoms with Gasteiger partial charge >= 0.3 is 5.97 Å². The highest BCUT2D eigenvalue weighted by Gasteiger charge is 2.36. The number of halogens is 1. The SMILES string of the molecule is Cc1cc(-n2c(C(C)C)c([C@H]3CO[C@H](C(=O)O)C3)c3nc4[nH]ncc4cc32)ccc1F. The van der Waals surface area contributed by atoms with Crippen LogP contribution in [-0.4, -0.2) is 43.5 Å².